The fourth-order valence-corrected chi connectivity index (χ4v) is 4.71. The van der Waals surface area contributed by atoms with E-state index in [0.29, 0.717) is 17.9 Å². The van der Waals surface area contributed by atoms with Crippen molar-refractivity contribution in [1.82, 2.24) is 0 Å². The number of halogens is 2. The molecule has 0 radical (unpaired) electrons. The van der Waals surface area contributed by atoms with Crippen LogP contribution < -0.4 is 9.05 Å². The third-order valence-electron chi connectivity index (χ3n) is 4.33. The Morgan fingerprint density at radius 2 is 1.48 bits per heavy atom. The van der Waals surface area contributed by atoms with Crippen LogP contribution in [-0.4, -0.2) is 16.7 Å². The third-order valence-corrected chi connectivity index (χ3v) is 6.69. The Hall–Kier alpha value is -1.23. The molecule has 2 aromatic rings. The van der Waals surface area contributed by atoms with Crippen LogP contribution in [0, 0.1) is 5.92 Å². The van der Waals surface area contributed by atoms with Crippen LogP contribution in [0.2, 0.25) is 0 Å². The Bertz CT molecular complexity index is 742. The molecule has 0 bridgehead atoms. The van der Waals surface area contributed by atoms with Crippen molar-refractivity contribution in [2.45, 2.75) is 37.0 Å². The van der Waals surface area contributed by atoms with Gasteiger partial charge in [-0.25, -0.2) is 9.09 Å². The Morgan fingerprint density at radius 1 is 1.00 bits per heavy atom. The van der Waals surface area contributed by atoms with Crippen molar-refractivity contribution in [3.63, 3.8) is 0 Å². The Kier molecular flexibility index (Phi) is 6.39. The van der Waals surface area contributed by atoms with Gasteiger partial charge in [0.1, 0.15) is 11.5 Å². The molecule has 2 aromatic carbocycles. The first-order valence-electron chi connectivity index (χ1n) is 8.65. The van der Waals surface area contributed by atoms with E-state index in [9.17, 15) is 4.57 Å². The molecule has 0 N–H and O–H groups in total. The minimum atomic E-state index is -4.15. The van der Waals surface area contributed by atoms with Gasteiger partial charge in [-0.05, 0) is 30.7 Å². The minimum Gasteiger partial charge on any atom is -0.395 e. The van der Waals surface area contributed by atoms with Crippen LogP contribution in [0.25, 0.3) is 0 Å². The smallest absolute Gasteiger partial charge is 0.395 e. The lowest BCUT2D eigenvalue weighted by molar-refractivity contribution is -0.0870. The van der Waals surface area contributed by atoms with E-state index in [1.54, 1.807) is 48.5 Å². The average Bonchev–Trinajstić information content (AvgIpc) is 2.86. The standard InChI is InChI=1S/C19H21Cl2O5P/c1-3-17-14(2)19(20,21)18(23-17)26-27(22,24-15-10-6-4-7-11-15)25-16-12-8-5-9-13-16/h4-14,17-18H,3H2,1-2H3/t14-,17-,18?/m1/s1. The van der Waals surface area contributed by atoms with Gasteiger partial charge in [0.25, 0.3) is 0 Å². The predicted octanol–water partition coefficient (Wildman–Crippen LogP) is 6.21. The van der Waals surface area contributed by atoms with Crippen LogP contribution in [0.1, 0.15) is 20.3 Å². The van der Waals surface area contributed by atoms with Crippen LogP contribution in [0.5, 0.6) is 11.5 Å². The van der Waals surface area contributed by atoms with E-state index in [-0.39, 0.29) is 12.0 Å². The maximum absolute atomic E-state index is 13.4. The molecular formula is C19H21Cl2O5P. The molecule has 146 valence electrons. The summed E-state index contributed by atoms with van der Waals surface area (Å²) in [5.74, 6) is 0.423. The van der Waals surface area contributed by atoms with Crippen LogP contribution in [0.15, 0.2) is 60.7 Å². The second-order valence-electron chi connectivity index (χ2n) is 6.24. The van der Waals surface area contributed by atoms with Crippen molar-refractivity contribution in [3.8, 4) is 11.5 Å². The molecule has 1 unspecified atom stereocenters. The van der Waals surface area contributed by atoms with Gasteiger partial charge in [-0.2, -0.15) is 0 Å². The molecular weight excluding hydrogens is 410 g/mol. The number of phosphoric acid groups is 1. The second-order valence-corrected chi connectivity index (χ2v) is 9.15. The van der Waals surface area contributed by atoms with Crippen molar-refractivity contribution in [2.75, 3.05) is 0 Å². The molecule has 0 amide bonds. The zero-order chi connectivity index (χ0) is 19.5. The van der Waals surface area contributed by atoms with E-state index in [1.807, 2.05) is 26.0 Å². The quantitative estimate of drug-likeness (QED) is 0.385. The molecule has 1 heterocycles. The first-order valence-corrected chi connectivity index (χ1v) is 10.9. The molecule has 3 atom stereocenters. The summed E-state index contributed by atoms with van der Waals surface area (Å²) in [5.41, 5.74) is 0. The molecule has 0 aromatic heterocycles. The van der Waals surface area contributed by atoms with Gasteiger partial charge in [0.2, 0.25) is 6.29 Å². The first kappa shape index (κ1) is 20.5. The average molecular weight is 431 g/mol. The summed E-state index contributed by atoms with van der Waals surface area (Å²) in [7, 11) is -4.15. The van der Waals surface area contributed by atoms with E-state index in [2.05, 4.69) is 0 Å². The van der Waals surface area contributed by atoms with E-state index in [4.69, 9.17) is 41.5 Å². The van der Waals surface area contributed by atoms with Gasteiger partial charge < -0.3 is 13.8 Å². The minimum absolute atomic E-state index is 0.224. The highest BCUT2D eigenvalue weighted by molar-refractivity contribution is 7.49. The Labute approximate surface area is 169 Å². The van der Waals surface area contributed by atoms with Crippen molar-refractivity contribution < 1.29 is 22.9 Å². The summed E-state index contributed by atoms with van der Waals surface area (Å²) < 4.78 is 34.6. The molecule has 0 aliphatic carbocycles. The number of benzene rings is 2. The highest BCUT2D eigenvalue weighted by atomic mass is 35.5. The van der Waals surface area contributed by atoms with Gasteiger partial charge in [0, 0.05) is 5.92 Å². The summed E-state index contributed by atoms with van der Waals surface area (Å²) in [5, 5.41) is 0. The number of rotatable bonds is 7. The number of hydrogen-bond donors (Lipinski definition) is 0. The Morgan fingerprint density at radius 3 is 1.89 bits per heavy atom. The number of phosphoric ester groups is 1. The third kappa shape index (κ3) is 4.79. The molecule has 1 fully saturated rings. The van der Waals surface area contributed by atoms with Gasteiger partial charge in [0.05, 0.1) is 6.10 Å². The van der Waals surface area contributed by atoms with E-state index >= 15 is 0 Å². The SMILES string of the molecule is CC[C@H]1OC(OP(=O)(Oc2ccccc2)Oc2ccccc2)C(Cl)(Cl)[C@@H]1C. The first-order chi connectivity index (χ1) is 12.8. The highest BCUT2D eigenvalue weighted by Crippen LogP contribution is 2.56. The molecule has 5 nitrogen and oxygen atoms in total. The lowest BCUT2D eigenvalue weighted by atomic mass is 10.0. The highest BCUT2D eigenvalue weighted by Gasteiger charge is 2.56. The molecule has 0 saturated carbocycles. The summed E-state index contributed by atoms with van der Waals surface area (Å²) in [4.78, 5) is 0. The molecule has 1 saturated heterocycles. The van der Waals surface area contributed by atoms with Crippen molar-refractivity contribution in [1.29, 1.82) is 0 Å². The summed E-state index contributed by atoms with van der Waals surface area (Å²) >= 11 is 12.9. The van der Waals surface area contributed by atoms with Crippen LogP contribution >= 0.6 is 31.0 Å². The number of para-hydroxylation sites is 2. The summed E-state index contributed by atoms with van der Waals surface area (Å²) in [6.45, 7) is 3.81. The van der Waals surface area contributed by atoms with Crippen molar-refractivity contribution in [3.05, 3.63) is 60.7 Å². The van der Waals surface area contributed by atoms with Gasteiger partial charge in [-0.15, -0.1) is 0 Å². The van der Waals surface area contributed by atoms with E-state index < -0.39 is 18.4 Å². The number of alkyl halides is 2. The molecule has 3 rings (SSSR count). The van der Waals surface area contributed by atoms with Gasteiger partial charge in [0.15, 0.2) is 4.33 Å². The van der Waals surface area contributed by atoms with Crippen LogP contribution in [0.3, 0.4) is 0 Å². The van der Waals surface area contributed by atoms with Gasteiger partial charge in [-0.1, -0.05) is 73.4 Å². The summed E-state index contributed by atoms with van der Waals surface area (Å²) in [6.07, 6.45) is -0.711. The van der Waals surface area contributed by atoms with Crippen LogP contribution in [0.4, 0.5) is 0 Å². The molecule has 1 aliphatic heterocycles. The predicted molar refractivity (Wildman–Crippen MR) is 105 cm³/mol. The topological polar surface area (TPSA) is 54.0 Å². The Balaban J connectivity index is 1.86. The zero-order valence-electron chi connectivity index (χ0n) is 15.0. The lowest BCUT2D eigenvalue weighted by Crippen LogP contribution is -2.33. The van der Waals surface area contributed by atoms with Gasteiger partial charge in [-0.3, -0.25) is 0 Å². The molecule has 8 heteroatoms. The maximum Gasteiger partial charge on any atom is 0.590 e. The molecule has 1 aliphatic rings. The molecule has 27 heavy (non-hydrogen) atoms. The van der Waals surface area contributed by atoms with E-state index in [0.717, 1.165) is 0 Å². The normalized spacial score (nSPS) is 24.5. The second kappa shape index (κ2) is 8.42. The lowest BCUT2D eigenvalue weighted by Gasteiger charge is -2.27. The largest absolute Gasteiger partial charge is 0.590 e. The maximum atomic E-state index is 13.4. The molecule has 0 spiro atoms. The van der Waals surface area contributed by atoms with E-state index in [1.165, 1.54) is 0 Å². The fourth-order valence-electron chi connectivity index (χ4n) is 2.77. The fraction of sp³-hybridized carbons (Fsp3) is 0.368. The summed E-state index contributed by atoms with van der Waals surface area (Å²) in [6, 6.07) is 17.2. The number of ether oxygens (including phenoxy) is 1. The number of hydrogen-bond acceptors (Lipinski definition) is 5. The van der Waals surface area contributed by atoms with Crippen LogP contribution in [-0.2, 0) is 13.8 Å². The monoisotopic (exact) mass is 430 g/mol. The van der Waals surface area contributed by atoms with Crippen molar-refractivity contribution in [2.24, 2.45) is 5.92 Å². The van der Waals surface area contributed by atoms with Gasteiger partial charge >= 0.3 is 7.82 Å². The van der Waals surface area contributed by atoms with Crippen molar-refractivity contribution >= 4 is 31.0 Å². The zero-order valence-corrected chi connectivity index (χ0v) is 17.4.